The standard InChI is InChI=1S/C14H16BrNS/c1-10-5-3-4-6-12(10)13(16-2)9-11-7-8-14(15)17-11/h3-8,13,16H,9H2,1-2H3. The number of hydrogen-bond donors (Lipinski definition) is 1. The molecule has 2 aromatic rings. The molecule has 0 spiro atoms. The molecule has 90 valence electrons. The lowest BCUT2D eigenvalue weighted by atomic mass is 9.98. The van der Waals surface area contributed by atoms with E-state index in [1.54, 1.807) is 0 Å². The summed E-state index contributed by atoms with van der Waals surface area (Å²) in [5, 5.41) is 3.41. The van der Waals surface area contributed by atoms with Crippen molar-refractivity contribution in [2.24, 2.45) is 0 Å². The predicted molar refractivity (Wildman–Crippen MR) is 78.7 cm³/mol. The van der Waals surface area contributed by atoms with Gasteiger partial charge in [0.1, 0.15) is 0 Å². The molecule has 1 atom stereocenters. The zero-order valence-corrected chi connectivity index (χ0v) is 12.4. The zero-order valence-electron chi connectivity index (χ0n) is 10.0. The lowest BCUT2D eigenvalue weighted by molar-refractivity contribution is 0.593. The van der Waals surface area contributed by atoms with Gasteiger partial charge in [-0.3, -0.25) is 0 Å². The molecule has 0 aliphatic heterocycles. The lowest BCUT2D eigenvalue weighted by Gasteiger charge is -2.18. The maximum Gasteiger partial charge on any atom is 0.0701 e. The quantitative estimate of drug-likeness (QED) is 0.886. The second kappa shape index (κ2) is 5.80. The van der Waals surface area contributed by atoms with Gasteiger partial charge in [0, 0.05) is 17.3 Å². The third kappa shape index (κ3) is 3.18. The highest BCUT2D eigenvalue weighted by Crippen LogP contribution is 2.27. The first-order valence-electron chi connectivity index (χ1n) is 5.67. The van der Waals surface area contributed by atoms with E-state index < -0.39 is 0 Å². The van der Waals surface area contributed by atoms with Crippen molar-refractivity contribution in [2.75, 3.05) is 7.05 Å². The molecular weight excluding hydrogens is 294 g/mol. The van der Waals surface area contributed by atoms with E-state index in [-0.39, 0.29) is 0 Å². The summed E-state index contributed by atoms with van der Waals surface area (Å²) in [5.41, 5.74) is 2.74. The van der Waals surface area contributed by atoms with Gasteiger partial charge in [-0.15, -0.1) is 11.3 Å². The Kier molecular flexibility index (Phi) is 4.37. The highest BCUT2D eigenvalue weighted by molar-refractivity contribution is 9.11. The summed E-state index contributed by atoms with van der Waals surface area (Å²) in [6.45, 7) is 2.17. The van der Waals surface area contributed by atoms with Crippen molar-refractivity contribution in [1.82, 2.24) is 5.32 Å². The van der Waals surface area contributed by atoms with Gasteiger partial charge in [0.2, 0.25) is 0 Å². The summed E-state index contributed by atoms with van der Waals surface area (Å²) in [6, 6.07) is 13.3. The summed E-state index contributed by atoms with van der Waals surface area (Å²) in [5.74, 6) is 0. The summed E-state index contributed by atoms with van der Waals surface area (Å²) in [4.78, 5) is 1.40. The van der Waals surface area contributed by atoms with Crippen LogP contribution in [-0.2, 0) is 6.42 Å². The van der Waals surface area contributed by atoms with Crippen molar-refractivity contribution < 1.29 is 0 Å². The van der Waals surface area contributed by atoms with Gasteiger partial charge in [0.25, 0.3) is 0 Å². The number of likely N-dealkylation sites (N-methyl/N-ethyl adjacent to an activating group) is 1. The molecule has 0 fully saturated rings. The summed E-state index contributed by atoms with van der Waals surface area (Å²) in [7, 11) is 2.03. The minimum Gasteiger partial charge on any atom is -0.313 e. The number of nitrogens with one attached hydrogen (secondary N) is 1. The van der Waals surface area contributed by atoms with Gasteiger partial charge in [0.15, 0.2) is 0 Å². The highest BCUT2D eigenvalue weighted by Gasteiger charge is 2.12. The zero-order chi connectivity index (χ0) is 12.3. The normalized spacial score (nSPS) is 12.6. The van der Waals surface area contributed by atoms with E-state index in [1.165, 1.54) is 19.8 Å². The third-order valence-corrected chi connectivity index (χ3v) is 4.59. The molecule has 1 unspecified atom stereocenters. The maximum atomic E-state index is 3.51. The molecule has 1 aromatic heterocycles. The van der Waals surface area contributed by atoms with E-state index >= 15 is 0 Å². The molecular formula is C14H16BrNS. The minimum absolute atomic E-state index is 0.391. The van der Waals surface area contributed by atoms with Crippen molar-refractivity contribution >= 4 is 27.3 Å². The van der Waals surface area contributed by atoms with Crippen LogP contribution in [-0.4, -0.2) is 7.05 Å². The first-order chi connectivity index (χ1) is 8.20. The Labute approximate surface area is 115 Å². The first-order valence-corrected chi connectivity index (χ1v) is 7.28. The average molecular weight is 310 g/mol. The smallest absolute Gasteiger partial charge is 0.0701 e. The molecule has 0 radical (unpaired) electrons. The number of aryl methyl sites for hydroxylation is 1. The van der Waals surface area contributed by atoms with Crippen molar-refractivity contribution in [1.29, 1.82) is 0 Å². The fraction of sp³-hybridized carbons (Fsp3) is 0.286. The van der Waals surface area contributed by atoms with Crippen LogP contribution in [0.3, 0.4) is 0 Å². The molecule has 1 nitrogen and oxygen atoms in total. The Balaban J connectivity index is 2.20. The minimum atomic E-state index is 0.391. The second-order valence-corrected chi connectivity index (χ2v) is 6.66. The number of hydrogen-bond acceptors (Lipinski definition) is 2. The highest BCUT2D eigenvalue weighted by atomic mass is 79.9. The molecule has 17 heavy (non-hydrogen) atoms. The molecule has 0 aliphatic rings. The Hall–Kier alpha value is -0.640. The van der Waals surface area contributed by atoms with Gasteiger partial charge in [-0.1, -0.05) is 24.3 Å². The molecule has 0 saturated carbocycles. The van der Waals surface area contributed by atoms with Crippen LogP contribution in [0, 0.1) is 6.92 Å². The fourth-order valence-electron chi connectivity index (χ4n) is 2.01. The van der Waals surface area contributed by atoms with Crippen molar-refractivity contribution in [3.8, 4) is 0 Å². The topological polar surface area (TPSA) is 12.0 Å². The largest absolute Gasteiger partial charge is 0.313 e. The average Bonchev–Trinajstić information content (AvgIpc) is 2.73. The SMILES string of the molecule is CNC(Cc1ccc(Br)s1)c1ccccc1C. The molecule has 0 saturated heterocycles. The van der Waals surface area contributed by atoms with Crippen LogP contribution in [0.1, 0.15) is 22.0 Å². The molecule has 1 heterocycles. The molecule has 3 heteroatoms. The van der Waals surface area contributed by atoms with Gasteiger partial charge in [-0.05, 0) is 53.2 Å². The van der Waals surface area contributed by atoms with Crippen LogP contribution in [0.4, 0.5) is 0 Å². The lowest BCUT2D eigenvalue weighted by Crippen LogP contribution is -2.19. The van der Waals surface area contributed by atoms with E-state index in [2.05, 4.69) is 64.6 Å². The Morgan fingerprint density at radius 3 is 2.59 bits per heavy atom. The summed E-state index contributed by atoms with van der Waals surface area (Å²) < 4.78 is 1.20. The number of thiophene rings is 1. The third-order valence-electron chi connectivity index (χ3n) is 2.95. The summed E-state index contributed by atoms with van der Waals surface area (Å²) >= 11 is 5.32. The molecule has 1 aromatic carbocycles. The molecule has 2 rings (SSSR count). The van der Waals surface area contributed by atoms with Crippen LogP contribution in [0.2, 0.25) is 0 Å². The Morgan fingerprint density at radius 2 is 2.00 bits per heavy atom. The fourth-order valence-corrected chi connectivity index (χ4v) is 3.54. The van der Waals surface area contributed by atoms with Crippen molar-refractivity contribution in [2.45, 2.75) is 19.4 Å². The van der Waals surface area contributed by atoms with Gasteiger partial charge in [-0.25, -0.2) is 0 Å². The van der Waals surface area contributed by atoms with E-state index in [0.717, 1.165) is 6.42 Å². The number of halogens is 1. The van der Waals surface area contributed by atoms with Gasteiger partial charge >= 0.3 is 0 Å². The summed E-state index contributed by atoms with van der Waals surface area (Å²) in [6.07, 6.45) is 1.04. The second-order valence-electron chi connectivity index (χ2n) is 4.11. The number of rotatable bonds is 4. The molecule has 0 aliphatic carbocycles. The van der Waals surface area contributed by atoms with E-state index in [9.17, 15) is 0 Å². The Bertz CT molecular complexity index is 492. The molecule has 0 bridgehead atoms. The van der Waals surface area contributed by atoms with Crippen LogP contribution < -0.4 is 5.32 Å². The van der Waals surface area contributed by atoms with Crippen molar-refractivity contribution in [3.63, 3.8) is 0 Å². The van der Waals surface area contributed by atoms with Crippen LogP contribution in [0.5, 0.6) is 0 Å². The van der Waals surface area contributed by atoms with Gasteiger partial charge in [0.05, 0.1) is 3.79 Å². The van der Waals surface area contributed by atoms with E-state index in [0.29, 0.717) is 6.04 Å². The number of benzene rings is 1. The van der Waals surface area contributed by atoms with Gasteiger partial charge < -0.3 is 5.32 Å². The maximum absolute atomic E-state index is 3.51. The van der Waals surface area contributed by atoms with Crippen LogP contribution in [0.25, 0.3) is 0 Å². The first kappa shape index (κ1) is 12.8. The van der Waals surface area contributed by atoms with E-state index in [1.807, 2.05) is 18.4 Å². The monoisotopic (exact) mass is 309 g/mol. The molecule has 0 amide bonds. The predicted octanol–water partition coefficient (Wildman–Crippen LogP) is 4.32. The van der Waals surface area contributed by atoms with Crippen LogP contribution in [0.15, 0.2) is 40.2 Å². The molecule has 1 N–H and O–H groups in total. The Morgan fingerprint density at radius 1 is 1.24 bits per heavy atom. The van der Waals surface area contributed by atoms with Crippen LogP contribution >= 0.6 is 27.3 Å². The van der Waals surface area contributed by atoms with E-state index in [4.69, 9.17) is 0 Å². The van der Waals surface area contributed by atoms with Crippen molar-refractivity contribution in [3.05, 3.63) is 56.2 Å². The van der Waals surface area contributed by atoms with Gasteiger partial charge in [-0.2, -0.15) is 0 Å².